The van der Waals surface area contributed by atoms with Crippen LogP contribution < -0.4 is 10.6 Å². The van der Waals surface area contributed by atoms with Crippen LogP contribution in [-0.2, 0) is 11.2 Å². The predicted molar refractivity (Wildman–Crippen MR) is 191 cm³/mol. The summed E-state index contributed by atoms with van der Waals surface area (Å²) in [5.41, 5.74) is 0.946. The van der Waals surface area contributed by atoms with Gasteiger partial charge >= 0.3 is 7.12 Å². The summed E-state index contributed by atoms with van der Waals surface area (Å²) >= 11 is 10.7. The van der Waals surface area contributed by atoms with Crippen molar-refractivity contribution in [3.63, 3.8) is 0 Å². The molecule has 0 aliphatic heterocycles. The van der Waals surface area contributed by atoms with E-state index in [-0.39, 0.29) is 18.0 Å². The molecule has 1 aromatic carbocycles. The second-order valence-electron chi connectivity index (χ2n) is 10.0. The zero-order chi connectivity index (χ0) is 33.1. The number of thiocarbonyl (C=S) groups is 2. The third kappa shape index (κ3) is 15.1. The van der Waals surface area contributed by atoms with Gasteiger partial charge in [0, 0.05) is 45.0 Å². The minimum Gasteiger partial charge on any atom is -0.426 e. The van der Waals surface area contributed by atoms with E-state index in [1.165, 1.54) is 18.6 Å². The van der Waals surface area contributed by atoms with E-state index in [1.54, 1.807) is 21.6 Å². The van der Waals surface area contributed by atoms with Crippen LogP contribution in [0.4, 0.5) is 0 Å². The number of carbonyl (C=O) groups is 2. The van der Waals surface area contributed by atoms with E-state index in [2.05, 4.69) is 58.1 Å². The predicted octanol–water partition coefficient (Wildman–Crippen LogP) is 3.98. The van der Waals surface area contributed by atoms with Gasteiger partial charge < -0.3 is 30.5 Å². The molecule has 15 heteroatoms. The first kappa shape index (κ1) is 39.7. The van der Waals surface area contributed by atoms with Crippen LogP contribution in [0.25, 0.3) is 0 Å². The highest BCUT2D eigenvalue weighted by molar-refractivity contribution is 8.89. The Bertz CT molecular complexity index is 1120. The Labute approximate surface area is 281 Å². The lowest BCUT2D eigenvalue weighted by atomic mass is 9.75. The molecule has 2 rings (SSSR count). The van der Waals surface area contributed by atoms with Gasteiger partial charge in [0.15, 0.2) is 0 Å². The normalized spacial score (nSPS) is 11.8. The summed E-state index contributed by atoms with van der Waals surface area (Å²) in [6.45, 7) is 16.1. The van der Waals surface area contributed by atoms with Gasteiger partial charge in [0.2, 0.25) is 5.91 Å². The van der Waals surface area contributed by atoms with Gasteiger partial charge in [0.1, 0.15) is 20.4 Å². The van der Waals surface area contributed by atoms with Crippen molar-refractivity contribution in [1.82, 2.24) is 30.4 Å². The maximum atomic E-state index is 12.8. The highest BCUT2D eigenvalue weighted by Gasteiger charge is 2.30. The van der Waals surface area contributed by atoms with Crippen molar-refractivity contribution in [2.75, 3.05) is 26.2 Å². The molecule has 0 spiro atoms. The Morgan fingerprint density at radius 1 is 0.909 bits per heavy atom. The summed E-state index contributed by atoms with van der Waals surface area (Å²) in [4.78, 5) is 37.4. The minimum atomic E-state index is -1.69. The number of aromatic nitrogens is 2. The first-order valence-corrected chi connectivity index (χ1v) is 17.6. The first-order valence-electron chi connectivity index (χ1n) is 14.7. The molecule has 0 unspecified atom stereocenters. The molecule has 1 heterocycles. The quantitative estimate of drug-likeness (QED) is 0.139. The van der Waals surface area contributed by atoms with Crippen molar-refractivity contribution in [2.45, 2.75) is 66.4 Å². The van der Waals surface area contributed by atoms with Gasteiger partial charge in [-0.1, -0.05) is 68.6 Å². The van der Waals surface area contributed by atoms with E-state index in [0.717, 1.165) is 40.4 Å². The third-order valence-electron chi connectivity index (χ3n) is 6.34. The van der Waals surface area contributed by atoms with Gasteiger partial charge in [-0.2, -0.15) is 0 Å². The van der Waals surface area contributed by atoms with E-state index < -0.39 is 30.9 Å². The third-order valence-corrected chi connectivity index (χ3v) is 10.1. The summed E-state index contributed by atoms with van der Waals surface area (Å²) in [7, 11) is 1.49. The molecular formula is C29H45BN6O4S4. The number of hydrogen-bond donors (Lipinski definition) is 4. The molecule has 0 aliphatic rings. The summed E-state index contributed by atoms with van der Waals surface area (Å²) in [6, 6.07) is 8.33. The number of carbonyl (C=O) groups excluding carboxylic acids is 2. The van der Waals surface area contributed by atoms with Crippen LogP contribution in [0.5, 0.6) is 0 Å². The van der Waals surface area contributed by atoms with Gasteiger partial charge in [0.05, 0.1) is 12.1 Å². The average molecular weight is 681 g/mol. The van der Waals surface area contributed by atoms with Crippen LogP contribution in [0.15, 0.2) is 48.9 Å². The molecule has 10 nitrogen and oxygen atoms in total. The molecule has 44 heavy (non-hydrogen) atoms. The van der Waals surface area contributed by atoms with E-state index in [0.29, 0.717) is 6.42 Å². The molecule has 0 aliphatic carbocycles. The maximum Gasteiger partial charge on any atom is 0.475 e. The van der Waals surface area contributed by atoms with Crippen LogP contribution in [0, 0.1) is 5.92 Å². The number of amides is 2. The van der Waals surface area contributed by atoms with Gasteiger partial charge in [-0.3, -0.25) is 14.6 Å². The number of rotatable bonds is 13. The summed E-state index contributed by atoms with van der Waals surface area (Å²) in [5, 5.41) is 24.5. The van der Waals surface area contributed by atoms with E-state index in [9.17, 15) is 19.6 Å². The van der Waals surface area contributed by atoms with Crippen LogP contribution in [0.2, 0.25) is 0 Å². The van der Waals surface area contributed by atoms with Crippen LogP contribution in [0.1, 0.15) is 64.0 Å². The minimum absolute atomic E-state index is 0.0919. The molecule has 0 bridgehead atoms. The van der Waals surface area contributed by atoms with Crippen LogP contribution in [-0.4, -0.2) is 95.6 Å². The average Bonchev–Trinajstić information content (AvgIpc) is 3.01. The SMILES string of the molecule is CC(C)C[C@H](NC(=O)[C@H](Cc1ccccc1)NC(=O)c1cnccn1)B(O)O.CCN(CC)C(=S)SSC(=S)N(CC)CC. The molecule has 2 amide bonds. The molecule has 0 fully saturated rings. The fourth-order valence-corrected chi connectivity index (χ4v) is 6.95. The highest BCUT2D eigenvalue weighted by Crippen LogP contribution is 2.28. The summed E-state index contributed by atoms with van der Waals surface area (Å²) in [6.07, 6.45) is 4.78. The monoisotopic (exact) mass is 680 g/mol. The Kier molecular flexibility index (Phi) is 20.1. The van der Waals surface area contributed by atoms with Crippen molar-refractivity contribution in [3.8, 4) is 0 Å². The largest absolute Gasteiger partial charge is 0.475 e. The van der Waals surface area contributed by atoms with Gasteiger partial charge in [-0.25, -0.2) is 4.98 Å². The van der Waals surface area contributed by atoms with Gasteiger partial charge in [-0.15, -0.1) is 0 Å². The smallest absolute Gasteiger partial charge is 0.426 e. The van der Waals surface area contributed by atoms with E-state index in [1.807, 2.05) is 44.2 Å². The van der Waals surface area contributed by atoms with Crippen molar-refractivity contribution in [3.05, 3.63) is 60.2 Å². The standard InChI is InChI=1S/C19H25BN4O4.C10H20N2S4/c1-13(2)10-17(20(27)28)24-18(25)15(11-14-6-4-3-5-7-14)23-19(26)16-12-21-8-9-22-16;1-5-11(6-2)9(13)15-16-10(14)12(7-3)8-4/h3-9,12-13,15,17,27-28H,10-11H2,1-2H3,(H,23,26)(H,24,25);5-8H2,1-4H3/t15-,17-;/m0./s1. The molecule has 2 aromatic rings. The van der Waals surface area contributed by atoms with E-state index >= 15 is 0 Å². The van der Waals surface area contributed by atoms with Crippen molar-refractivity contribution < 1.29 is 19.6 Å². The Hall–Kier alpha value is -2.30. The fraction of sp³-hybridized carbons (Fsp3) is 0.517. The molecule has 0 saturated carbocycles. The van der Waals surface area contributed by atoms with Crippen molar-refractivity contribution in [2.24, 2.45) is 5.92 Å². The van der Waals surface area contributed by atoms with Crippen molar-refractivity contribution in [1.29, 1.82) is 0 Å². The lowest BCUT2D eigenvalue weighted by Gasteiger charge is -2.24. The fourth-order valence-electron chi connectivity index (χ4n) is 3.89. The molecule has 242 valence electrons. The number of hydrogen-bond acceptors (Lipinski definition) is 10. The second-order valence-corrected chi connectivity index (χ2v) is 13.4. The van der Waals surface area contributed by atoms with Crippen LogP contribution >= 0.6 is 46.0 Å². The summed E-state index contributed by atoms with van der Waals surface area (Å²) < 4.78 is 1.84. The summed E-state index contributed by atoms with van der Waals surface area (Å²) in [5.74, 6) is -1.72. The molecule has 0 saturated heterocycles. The topological polar surface area (TPSA) is 131 Å². The Morgan fingerprint density at radius 2 is 1.45 bits per heavy atom. The molecule has 4 N–H and O–H groups in total. The second kappa shape index (κ2) is 22.2. The maximum absolute atomic E-state index is 12.8. The molecule has 2 atom stereocenters. The van der Waals surface area contributed by atoms with Crippen LogP contribution in [0.3, 0.4) is 0 Å². The molecule has 0 radical (unpaired) electrons. The Balaban J connectivity index is 0.000000517. The molecule has 1 aromatic heterocycles. The Morgan fingerprint density at radius 3 is 1.89 bits per heavy atom. The van der Waals surface area contributed by atoms with E-state index in [4.69, 9.17) is 24.4 Å². The zero-order valence-corrected chi connectivity index (χ0v) is 29.6. The zero-order valence-electron chi connectivity index (χ0n) is 26.3. The molecular weight excluding hydrogens is 635 g/mol. The number of nitrogens with one attached hydrogen (secondary N) is 2. The lowest BCUT2D eigenvalue weighted by molar-refractivity contribution is -0.123. The highest BCUT2D eigenvalue weighted by atomic mass is 33.1. The number of nitrogens with zero attached hydrogens (tertiary/aromatic N) is 4. The van der Waals surface area contributed by atoms with Gasteiger partial charge in [0.25, 0.3) is 5.91 Å². The number of benzene rings is 1. The first-order chi connectivity index (χ1) is 21.0. The van der Waals surface area contributed by atoms with Gasteiger partial charge in [-0.05, 0) is 67.2 Å². The van der Waals surface area contributed by atoms with Crippen molar-refractivity contribution >= 4 is 73.6 Å². The lowest BCUT2D eigenvalue weighted by Crippen LogP contribution is -2.55.